The van der Waals surface area contributed by atoms with Gasteiger partial charge in [-0.05, 0) is 25.0 Å². The Kier molecular flexibility index (Phi) is 8.73. The van der Waals surface area contributed by atoms with Crippen LogP contribution in [0.3, 0.4) is 0 Å². The highest BCUT2D eigenvalue weighted by molar-refractivity contribution is 7.99. The van der Waals surface area contributed by atoms with Crippen molar-refractivity contribution in [1.29, 1.82) is 15.8 Å². The van der Waals surface area contributed by atoms with Gasteiger partial charge in [-0.3, -0.25) is 0 Å². The van der Waals surface area contributed by atoms with Gasteiger partial charge in [-0.25, -0.2) is 4.98 Å². The summed E-state index contributed by atoms with van der Waals surface area (Å²) in [6.45, 7) is 2.17. The molecule has 0 bridgehead atoms. The van der Waals surface area contributed by atoms with Crippen molar-refractivity contribution in [2.75, 3.05) is 0 Å². The van der Waals surface area contributed by atoms with Crippen LogP contribution < -0.4 is 0 Å². The van der Waals surface area contributed by atoms with E-state index in [9.17, 15) is 0 Å². The molecule has 1 aromatic rings. The highest BCUT2D eigenvalue weighted by Gasteiger charge is 2.19. The summed E-state index contributed by atoms with van der Waals surface area (Å²) in [5.74, 6) is -0.599. The van der Waals surface area contributed by atoms with Gasteiger partial charge in [-0.15, -0.1) is 11.8 Å². The first-order chi connectivity index (χ1) is 10.7. The summed E-state index contributed by atoms with van der Waals surface area (Å²) in [4.78, 5) is 4.27. The van der Waals surface area contributed by atoms with Gasteiger partial charge in [-0.2, -0.15) is 15.8 Å². The van der Waals surface area contributed by atoms with E-state index in [4.69, 9.17) is 15.8 Å². The first kappa shape index (κ1) is 18.0. The Morgan fingerprint density at radius 1 is 1.18 bits per heavy atom. The predicted molar refractivity (Wildman–Crippen MR) is 86.7 cm³/mol. The molecule has 1 heterocycles. The summed E-state index contributed by atoms with van der Waals surface area (Å²) >= 11 is 1.52. The maximum absolute atomic E-state index is 9.14. The van der Waals surface area contributed by atoms with Gasteiger partial charge in [0.25, 0.3) is 0 Å². The number of nitriles is 3. The van der Waals surface area contributed by atoms with Crippen molar-refractivity contribution in [3.63, 3.8) is 0 Å². The number of nitrogens with zero attached hydrogens (tertiary/aromatic N) is 4. The molecule has 22 heavy (non-hydrogen) atoms. The summed E-state index contributed by atoms with van der Waals surface area (Å²) in [5, 5.41) is 28.0. The van der Waals surface area contributed by atoms with Gasteiger partial charge < -0.3 is 0 Å². The van der Waals surface area contributed by atoms with Crippen LogP contribution in [0.2, 0.25) is 0 Å². The summed E-state index contributed by atoms with van der Waals surface area (Å²) in [7, 11) is 0. The molecule has 4 nitrogen and oxygen atoms in total. The number of unbranched alkanes of at least 4 members (excludes halogenated alkanes) is 3. The lowest BCUT2D eigenvalue weighted by atomic mass is 10.0. The van der Waals surface area contributed by atoms with Gasteiger partial charge in [0.15, 0.2) is 0 Å². The maximum atomic E-state index is 9.14. The standard InChI is InChI=1S/C17H20N4S/c1-2-3-4-5-8-16(10-14(11-18)12-19)22-17-15(13-20)7-6-9-21-17/h6-7,9,14,16H,2-5,8,10H2,1H3. The van der Waals surface area contributed by atoms with Crippen LogP contribution in [-0.4, -0.2) is 10.2 Å². The van der Waals surface area contributed by atoms with Gasteiger partial charge in [0.2, 0.25) is 0 Å². The quantitative estimate of drug-likeness (QED) is 0.497. The van der Waals surface area contributed by atoms with Gasteiger partial charge in [0.05, 0.1) is 17.7 Å². The van der Waals surface area contributed by atoms with E-state index in [-0.39, 0.29) is 5.25 Å². The molecule has 0 saturated heterocycles. The van der Waals surface area contributed by atoms with Crippen LogP contribution in [0.1, 0.15) is 51.0 Å². The number of thioether (sulfide) groups is 1. The largest absolute Gasteiger partial charge is 0.249 e. The zero-order valence-electron chi connectivity index (χ0n) is 12.8. The summed E-state index contributed by atoms with van der Waals surface area (Å²) < 4.78 is 0. The average molecular weight is 312 g/mol. The number of rotatable bonds is 9. The van der Waals surface area contributed by atoms with Gasteiger partial charge in [-0.1, -0.05) is 32.6 Å². The topological polar surface area (TPSA) is 84.3 Å². The highest BCUT2D eigenvalue weighted by atomic mass is 32.2. The van der Waals surface area contributed by atoms with Crippen LogP contribution in [0, 0.1) is 39.9 Å². The molecule has 1 aromatic heterocycles. The van der Waals surface area contributed by atoms with Crippen LogP contribution in [-0.2, 0) is 0 Å². The third kappa shape index (κ3) is 6.17. The first-order valence-corrected chi connectivity index (χ1v) is 8.44. The number of hydrogen-bond acceptors (Lipinski definition) is 5. The molecule has 0 fully saturated rings. The number of hydrogen-bond donors (Lipinski definition) is 0. The second-order valence-corrected chi connectivity index (χ2v) is 6.39. The van der Waals surface area contributed by atoms with E-state index >= 15 is 0 Å². The zero-order valence-corrected chi connectivity index (χ0v) is 13.6. The fraction of sp³-hybridized carbons (Fsp3) is 0.529. The maximum Gasteiger partial charge on any atom is 0.134 e. The third-order valence-electron chi connectivity index (χ3n) is 3.36. The number of aromatic nitrogens is 1. The Bertz CT molecular complexity index is 566. The molecule has 0 N–H and O–H groups in total. The molecule has 5 heteroatoms. The molecule has 0 spiro atoms. The Morgan fingerprint density at radius 2 is 1.95 bits per heavy atom. The second-order valence-electron chi connectivity index (χ2n) is 5.10. The normalized spacial score (nSPS) is 11.4. The molecule has 0 aliphatic heterocycles. The minimum Gasteiger partial charge on any atom is -0.249 e. The number of pyridine rings is 1. The van der Waals surface area contributed by atoms with E-state index in [1.807, 2.05) is 12.1 Å². The summed E-state index contributed by atoms with van der Waals surface area (Å²) in [6.07, 6.45) is 7.73. The molecule has 0 aliphatic rings. The van der Waals surface area contributed by atoms with Crippen molar-refractivity contribution in [2.45, 2.75) is 55.7 Å². The summed E-state index contributed by atoms with van der Waals surface area (Å²) in [5.41, 5.74) is 0.552. The third-order valence-corrected chi connectivity index (χ3v) is 4.67. The van der Waals surface area contributed by atoms with E-state index in [1.165, 1.54) is 24.6 Å². The monoisotopic (exact) mass is 312 g/mol. The molecule has 1 rings (SSSR count). The first-order valence-electron chi connectivity index (χ1n) is 7.56. The van der Waals surface area contributed by atoms with Crippen molar-refractivity contribution in [3.05, 3.63) is 23.9 Å². The Hall–Kier alpha value is -2.03. The molecule has 114 valence electrons. The van der Waals surface area contributed by atoms with Crippen LogP contribution >= 0.6 is 11.8 Å². The molecule has 0 radical (unpaired) electrons. The molecule has 1 atom stereocenters. The predicted octanol–water partition coefficient (Wildman–Crippen LogP) is 4.44. The Labute approximate surface area is 136 Å². The van der Waals surface area contributed by atoms with Crippen LogP contribution in [0.15, 0.2) is 23.4 Å². The van der Waals surface area contributed by atoms with Crippen LogP contribution in [0.5, 0.6) is 0 Å². The van der Waals surface area contributed by atoms with E-state index in [0.717, 1.165) is 19.3 Å². The van der Waals surface area contributed by atoms with Crippen LogP contribution in [0.25, 0.3) is 0 Å². The van der Waals surface area contributed by atoms with E-state index in [0.29, 0.717) is 17.0 Å². The molecule has 1 unspecified atom stereocenters. The van der Waals surface area contributed by atoms with Gasteiger partial charge >= 0.3 is 0 Å². The lowest BCUT2D eigenvalue weighted by Crippen LogP contribution is -2.09. The van der Waals surface area contributed by atoms with Crippen LogP contribution in [0.4, 0.5) is 0 Å². The smallest absolute Gasteiger partial charge is 0.134 e. The van der Waals surface area contributed by atoms with Crippen molar-refractivity contribution in [2.24, 2.45) is 5.92 Å². The SMILES string of the molecule is CCCCCCC(CC(C#N)C#N)Sc1ncccc1C#N. The van der Waals surface area contributed by atoms with Crippen molar-refractivity contribution in [3.8, 4) is 18.2 Å². The minimum atomic E-state index is -0.599. The fourth-order valence-electron chi connectivity index (χ4n) is 2.15. The molecule has 0 aliphatic carbocycles. The molecule has 0 aromatic carbocycles. The minimum absolute atomic E-state index is 0.142. The Morgan fingerprint density at radius 3 is 2.59 bits per heavy atom. The lowest BCUT2D eigenvalue weighted by molar-refractivity contribution is 0.581. The lowest BCUT2D eigenvalue weighted by Gasteiger charge is -2.16. The fourth-order valence-corrected chi connectivity index (χ4v) is 3.40. The van der Waals surface area contributed by atoms with Gasteiger partial charge in [0, 0.05) is 11.4 Å². The molecule has 0 saturated carbocycles. The molecular formula is C17H20N4S. The van der Waals surface area contributed by atoms with Crippen molar-refractivity contribution in [1.82, 2.24) is 4.98 Å². The second kappa shape index (κ2) is 10.7. The average Bonchev–Trinajstić information content (AvgIpc) is 2.56. The molecular weight excluding hydrogens is 292 g/mol. The highest BCUT2D eigenvalue weighted by Crippen LogP contribution is 2.31. The zero-order chi connectivity index (χ0) is 16.2. The Balaban J connectivity index is 2.74. The van der Waals surface area contributed by atoms with E-state index < -0.39 is 5.92 Å². The van der Waals surface area contributed by atoms with E-state index in [1.54, 1.807) is 18.3 Å². The van der Waals surface area contributed by atoms with E-state index in [2.05, 4.69) is 18.0 Å². The van der Waals surface area contributed by atoms with Crippen molar-refractivity contribution < 1.29 is 0 Å². The molecule has 0 amide bonds. The van der Waals surface area contributed by atoms with Gasteiger partial charge in [0.1, 0.15) is 17.0 Å². The van der Waals surface area contributed by atoms with Crippen molar-refractivity contribution >= 4 is 11.8 Å². The summed E-state index contributed by atoms with van der Waals surface area (Å²) in [6, 6.07) is 9.71.